The molecular weight excluding hydrogens is 326 g/mol. The summed E-state index contributed by atoms with van der Waals surface area (Å²) in [7, 11) is 0. The highest BCUT2D eigenvalue weighted by Gasteiger charge is 2.18. The molecule has 2 N–H and O–H groups in total. The first kappa shape index (κ1) is 15.3. The molecule has 0 unspecified atom stereocenters. The zero-order chi connectivity index (χ0) is 17.7. The van der Waals surface area contributed by atoms with Gasteiger partial charge >= 0.3 is 0 Å². The minimum Gasteiger partial charge on any atom is -0.493 e. The van der Waals surface area contributed by atoms with Crippen LogP contribution in [0.2, 0.25) is 0 Å². The van der Waals surface area contributed by atoms with Crippen LogP contribution in [0.1, 0.15) is 32.1 Å². The van der Waals surface area contributed by atoms with E-state index in [1.54, 1.807) is 0 Å². The second-order valence-corrected chi connectivity index (χ2v) is 7.10. The van der Waals surface area contributed by atoms with E-state index in [0.29, 0.717) is 27.1 Å². The predicted molar refractivity (Wildman–Crippen MR) is 103 cm³/mol. The monoisotopic (exact) mass is 345 g/mol. The van der Waals surface area contributed by atoms with E-state index < -0.39 is 0 Å². The van der Waals surface area contributed by atoms with Crippen LogP contribution in [0.25, 0.3) is 32.4 Å². The lowest BCUT2D eigenvalue weighted by molar-refractivity contribution is 0.438. The lowest BCUT2D eigenvalue weighted by atomic mass is 9.95. The highest BCUT2D eigenvalue weighted by molar-refractivity contribution is 6.19. The van der Waals surface area contributed by atoms with Gasteiger partial charge in [-0.1, -0.05) is 43.5 Å². The number of hydrogen-bond acceptors (Lipinski definition) is 4. The molecule has 0 bridgehead atoms. The molecule has 5 heteroatoms. The highest BCUT2D eigenvalue weighted by Crippen LogP contribution is 2.31. The van der Waals surface area contributed by atoms with E-state index in [-0.39, 0.29) is 17.4 Å². The second-order valence-electron chi connectivity index (χ2n) is 7.10. The second kappa shape index (κ2) is 5.80. The summed E-state index contributed by atoms with van der Waals surface area (Å²) in [6, 6.07) is 11.4. The van der Waals surface area contributed by atoms with E-state index in [1.807, 2.05) is 36.4 Å². The van der Waals surface area contributed by atoms with Crippen molar-refractivity contribution in [3.05, 3.63) is 52.0 Å². The third-order valence-corrected chi connectivity index (χ3v) is 5.50. The van der Waals surface area contributed by atoms with E-state index >= 15 is 0 Å². The average Bonchev–Trinajstić information content (AvgIpc) is 2.68. The minimum absolute atomic E-state index is 0.0265. The number of aromatic hydroxyl groups is 1. The Hall–Kier alpha value is -2.95. The first-order valence-electron chi connectivity index (χ1n) is 9.16. The Balaban J connectivity index is 1.98. The van der Waals surface area contributed by atoms with Gasteiger partial charge in [-0.2, -0.15) is 5.10 Å². The van der Waals surface area contributed by atoms with Gasteiger partial charge in [0.05, 0.1) is 16.8 Å². The fraction of sp³-hybridized carbons (Fsp3) is 0.286. The Labute approximate surface area is 149 Å². The molecule has 3 aromatic carbocycles. The Morgan fingerprint density at radius 1 is 0.962 bits per heavy atom. The Bertz CT molecular complexity index is 1250. The molecule has 1 heterocycles. The fourth-order valence-corrected chi connectivity index (χ4v) is 4.22. The summed E-state index contributed by atoms with van der Waals surface area (Å²) >= 11 is 0. The van der Waals surface area contributed by atoms with Crippen molar-refractivity contribution in [1.82, 2.24) is 10.2 Å². The number of aromatic amines is 1. The quantitative estimate of drug-likeness (QED) is 0.409. The Morgan fingerprint density at radius 3 is 2.54 bits per heavy atom. The topological polar surface area (TPSA) is 78.3 Å². The van der Waals surface area contributed by atoms with E-state index in [1.165, 1.54) is 19.3 Å². The number of hydrogen-bond donors (Lipinski definition) is 2. The maximum absolute atomic E-state index is 13.3. The van der Waals surface area contributed by atoms with Gasteiger partial charge in [-0.3, -0.25) is 9.79 Å². The normalized spacial score (nSPS) is 16.8. The SMILES string of the molecule is O=c1c2ccccc2c2n[nH]c(O)c3ccc(=NC4CCCCC4)c1c32. The van der Waals surface area contributed by atoms with Gasteiger partial charge in [0, 0.05) is 21.5 Å². The van der Waals surface area contributed by atoms with Crippen molar-refractivity contribution < 1.29 is 5.11 Å². The van der Waals surface area contributed by atoms with Gasteiger partial charge in [0.1, 0.15) is 5.52 Å². The third kappa shape index (κ3) is 2.20. The van der Waals surface area contributed by atoms with Crippen molar-refractivity contribution in [2.24, 2.45) is 4.99 Å². The molecule has 1 aliphatic rings. The molecule has 0 amide bonds. The van der Waals surface area contributed by atoms with Crippen LogP contribution in [-0.2, 0) is 0 Å². The molecule has 5 rings (SSSR count). The zero-order valence-corrected chi connectivity index (χ0v) is 14.3. The molecule has 0 saturated heterocycles. The number of H-pyrrole nitrogens is 1. The molecule has 0 spiro atoms. The fourth-order valence-electron chi connectivity index (χ4n) is 4.22. The predicted octanol–water partition coefficient (Wildman–Crippen LogP) is 3.61. The van der Waals surface area contributed by atoms with E-state index in [2.05, 4.69) is 10.2 Å². The number of benzene rings is 3. The smallest absolute Gasteiger partial charge is 0.213 e. The first-order valence-corrected chi connectivity index (χ1v) is 9.16. The number of nitrogens with zero attached hydrogens (tertiary/aromatic N) is 2. The van der Waals surface area contributed by atoms with Gasteiger partial charge in [-0.25, -0.2) is 5.10 Å². The summed E-state index contributed by atoms with van der Waals surface area (Å²) in [6.45, 7) is 0. The van der Waals surface area contributed by atoms with Gasteiger partial charge in [-0.05, 0) is 25.0 Å². The van der Waals surface area contributed by atoms with Crippen molar-refractivity contribution in [3.8, 4) is 5.88 Å². The molecule has 1 fully saturated rings. The molecule has 4 aromatic rings. The maximum atomic E-state index is 13.3. The molecule has 26 heavy (non-hydrogen) atoms. The summed E-state index contributed by atoms with van der Waals surface area (Å²) in [6.07, 6.45) is 5.79. The van der Waals surface area contributed by atoms with Gasteiger partial charge in [0.2, 0.25) is 5.88 Å². The number of aromatic nitrogens is 2. The molecule has 0 atom stereocenters. The molecule has 5 nitrogen and oxygen atoms in total. The summed E-state index contributed by atoms with van der Waals surface area (Å²) in [5, 5.41) is 21.3. The van der Waals surface area contributed by atoms with Gasteiger partial charge in [-0.15, -0.1) is 0 Å². The largest absolute Gasteiger partial charge is 0.493 e. The first-order chi connectivity index (χ1) is 12.7. The number of rotatable bonds is 1. The van der Waals surface area contributed by atoms with Gasteiger partial charge in [0.25, 0.3) is 0 Å². The van der Waals surface area contributed by atoms with Crippen LogP contribution < -0.4 is 10.8 Å². The van der Waals surface area contributed by atoms with Gasteiger partial charge < -0.3 is 5.11 Å². The van der Waals surface area contributed by atoms with Crippen LogP contribution >= 0.6 is 0 Å². The van der Waals surface area contributed by atoms with Crippen molar-refractivity contribution in [2.45, 2.75) is 38.1 Å². The lowest BCUT2D eigenvalue weighted by Crippen LogP contribution is -2.20. The van der Waals surface area contributed by atoms with Crippen LogP contribution in [-0.4, -0.2) is 21.3 Å². The molecule has 1 aromatic heterocycles. The van der Waals surface area contributed by atoms with Crippen LogP contribution in [0, 0.1) is 0 Å². The Morgan fingerprint density at radius 2 is 1.73 bits per heavy atom. The van der Waals surface area contributed by atoms with Crippen molar-refractivity contribution in [2.75, 3.05) is 0 Å². The highest BCUT2D eigenvalue weighted by atomic mass is 16.3. The van der Waals surface area contributed by atoms with Crippen LogP contribution in [0.5, 0.6) is 5.88 Å². The summed E-state index contributed by atoms with van der Waals surface area (Å²) < 4.78 is 0. The molecule has 0 radical (unpaired) electrons. The maximum Gasteiger partial charge on any atom is 0.213 e. The summed E-state index contributed by atoms with van der Waals surface area (Å²) in [5.74, 6) is -0.0265. The molecular formula is C21H19N3O2. The van der Waals surface area contributed by atoms with E-state index in [9.17, 15) is 9.90 Å². The van der Waals surface area contributed by atoms with Crippen LogP contribution in [0.15, 0.2) is 46.2 Å². The van der Waals surface area contributed by atoms with Crippen molar-refractivity contribution in [3.63, 3.8) is 0 Å². The standard InChI is InChI=1S/C21H19N3O2/c25-20-14-9-5-4-8-13(14)19-17-15(21(26)24-23-19)10-11-16(18(17)20)22-12-6-2-1-3-7-12/h4-5,8-12,24,26H,1-3,6-7H2. The minimum atomic E-state index is -0.0411. The number of fused-ring (bicyclic) bond motifs is 2. The summed E-state index contributed by atoms with van der Waals surface area (Å²) in [5.41, 5.74) is 0.657. The van der Waals surface area contributed by atoms with Crippen LogP contribution in [0.4, 0.5) is 0 Å². The van der Waals surface area contributed by atoms with Crippen molar-refractivity contribution in [1.29, 1.82) is 0 Å². The molecule has 0 aliphatic heterocycles. The third-order valence-electron chi connectivity index (χ3n) is 5.50. The lowest BCUT2D eigenvalue weighted by Gasteiger charge is -2.17. The summed E-state index contributed by atoms with van der Waals surface area (Å²) in [4.78, 5) is 18.2. The van der Waals surface area contributed by atoms with Crippen LogP contribution in [0.3, 0.4) is 0 Å². The van der Waals surface area contributed by atoms with E-state index in [4.69, 9.17) is 4.99 Å². The molecule has 1 aliphatic carbocycles. The van der Waals surface area contributed by atoms with E-state index in [0.717, 1.165) is 23.6 Å². The molecule has 130 valence electrons. The Kier molecular flexibility index (Phi) is 3.42. The average molecular weight is 345 g/mol. The molecule has 1 saturated carbocycles. The zero-order valence-electron chi connectivity index (χ0n) is 14.3. The number of nitrogens with one attached hydrogen (secondary N) is 1. The van der Waals surface area contributed by atoms with Crippen molar-refractivity contribution >= 4 is 32.4 Å². The van der Waals surface area contributed by atoms with Gasteiger partial charge in [0.15, 0.2) is 5.43 Å².